The zero-order chi connectivity index (χ0) is 20.1. The summed E-state index contributed by atoms with van der Waals surface area (Å²) in [6.07, 6.45) is 5.86. The average molecular weight is 363 g/mol. The average Bonchev–Trinajstić information content (AvgIpc) is 2.61. The summed E-state index contributed by atoms with van der Waals surface area (Å²) in [5.74, 6) is 1.82. The van der Waals surface area contributed by atoms with Gasteiger partial charge in [0.1, 0.15) is 5.69 Å². The van der Waals surface area contributed by atoms with Gasteiger partial charge in [0.05, 0.1) is 0 Å². The topological polar surface area (TPSA) is 76.3 Å². The zero-order valence-corrected chi connectivity index (χ0v) is 15.6. The molecule has 138 valence electrons. The van der Waals surface area contributed by atoms with Crippen LogP contribution in [0.3, 0.4) is 0 Å². The number of hydrogen-bond acceptors (Lipinski definition) is 3. The van der Waals surface area contributed by atoms with Gasteiger partial charge in [-0.05, 0) is 36.6 Å². The van der Waals surface area contributed by atoms with E-state index in [-0.39, 0.29) is 30.3 Å². The number of nitrogens with zero attached hydrogens (tertiary/aromatic N) is 2. The van der Waals surface area contributed by atoms with E-state index in [4.69, 9.17) is 13.0 Å². The van der Waals surface area contributed by atoms with Crippen LogP contribution >= 0.6 is 0 Å². The fourth-order valence-electron chi connectivity index (χ4n) is 3.02. The summed E-state index contributed by atoms with van der Waals surface area (Å²) in [6.45, 7) is 12.7. The molecule has 2 rings (SSSR count). The fraction of sp³-hybridized carbons (Fsp3) is 0.333. The third-order valence-corrected chi connectivity index (χ3v) is 4.19. The van der Waals surface area contributed by atoms with Crippen molar-refractivity contribution in [2.45, 2.75) is 39.7 Å². The summed E-state index contributed by atoms with van der Waals surface area (Å²) < 4.78 is 1.27. The van der Waals surface area contributed by atoms with Gasteiger partial charge < -0.3 is 4.85 Å². The molecule has 6 heteroatoms. The Labute approximate surface area is 157 Å². The van der Waals surface area contributed by atoms with E-state index in [1.165, 1.54) is 4.57 Å². The Hall–Kier alpha value is -3.38. The highest BCUT2D eigenvalue weighted by molar-refractivity contribution is 6.09. The van der Waals surface area contributed by atoms with E-state index >= 15 is 0 Å². The van der Waals surface area contributed by atoms with E-state index in [2.05, 4.69) is 15.7 Å². The molecule has 1 aromatic carbocycles. The molecule has 0 saturated carbocycles. The van der Waals surface area contributed by atoms with E-state index in [1.54, 1.807) is 32.0 Å². The van der Waals surface area contributed by atoms with Gasteiger partial charge in [-0.15, -0.1) is 6.42 Å². The maximum atomic E-state index is 13.3. The van der Waals surface area contributed by atoms with E-state index in [0.29, 0.717) is 17.5 Å². The van der Waals surface area contributed by atoms with Crippen LogP contribution in [0.25, 0.3) is 4.85 Å². The summed E-state index contributed by atoms with van der Waals surface area (Å²) in [7, 11) is 0. The van der Waals surface area contributed by atoms with Crippen molar-refractivity contribution in [3.05, 3.63) is 78.4 Å². The molecule has 0 aliphatic heterocycles. The second-order valence-corrected chi connectivity index (χ2v) is 6.62. The fourth-order valence-corrected chi connectivity index (χ4v) is 3.02. The van der Waals surface area contributed by atoms with Gasteiger partial charge >= 0.3 is 5.69 Å². The molecule has 1 N–H and O–H groups in total. The standard InChI is InChI=1S/C21H21N3O3/c1-6-15-10-14(4)11-16(12-15)19(25)18-17(13(2)3)20(26)23-21(27)24(18)9-7-8-22-5/h1,10-13H,7-9H2,2-4H3,(H,23,26,27). The first kappa shape index (κ1) is 19.9. The number of aromatic nitrogens is 2. The lowest BCUT2D eigenvalue weighted by molar-refractivity contribution is 0.102. The number of hydrogen-bond donors (Lipinski definition) is 1. The molecule has 1 aromatic heterocycles. The molecule has 2 aromatic rings. The first-order chi connectivity index (χ1) is 12.8. The Bertz CT molecular complexity index is 1080. The summed E-state index contributed by atoms with van der Waals surface area (Å²) in [5, 5.41) is 0. The highest BCUT2D eigenvalue weighted by Gasteiger charge is 2.24. The van der Waals surface area contributed by atoms with Gasteiger partial charge in [0.15, 0.2) is 0 Å². The van der Waals surface area contributed by atoms with Crippen molar-refractivity contribution in [1.82, 2.24) is 9.55 Å². The van der Waals surface area contributed by atoms with Crippen LogP contribution in [0.2, 0.25) is 0 Å². The van der Waals surface area contributed by atoms with Gasteiger partial charge in [-0.2, -0.15) is 0 Å². The molecular weight excluding hydrogens is 342 g/mol. The molecule has 6 nitrogen and oxygen atoms in total. The minimum Gasteiger partial charge on any atom is -0.317 e. The highest BCUT2D eigenvalue weighted by atomic mass is 16.2. The number of carbonyl (C=O) groups excluding carboxylic acids is 1. The molecule has 1 heterocycles. The smallest absolute Gasteiger partial charge is 0.317 e. The summed E-state index contributed by atoms with van der Waals surface area (Å²) in [6, 6.07) is 5.04. The summed E-state index contributed by atoms with van der Waals surface area (Å²) in [5.41, 5.74) is 0.798. The van der Waals surface area contributed by atoms with Crippen molar-refractivity contribution in [3.63, 3.8) is 0 Å². The van der Waals surface area contributed by atoms with Crippen molar-refractivity contribution in [1.29, 1.82) is 0 Å². The number of aromatic amines is 1. The van der Waals surface area contributed by atoms with Crippen LogP contribution in [-0.4, -0.2) is 21.9 Å². The third-order valence-electron chi connectivity index (χ3n) is 4.19. The monoisotopic (exact) mass is 363 g/mol. The number of aryl methyl sites for hydroxylation is 1. The van der Waals surface area contributed by atoms with Crippen molar-refractivity contribution >= 4 is 5.78 Å². The van der Waals surface area contributed by atoms with E-state index < -0.39 is 17.0 Å². The predicted octanol–water partition coefficient (Wildman–Crippen LogP) is 2.49. The highest BCUT2D eigenvalue weighted by Crippen LogP contribution is 2.20. The van der Waals surface area contributed by atoms with Gasteiger partial charge in [-0.25, -0.2) is 11.4 Å². The van der Waals surface area contributed by atoms with Crippen molar-refractivity contribution in [3.8, 4) is 12.3 Å². The largest absolute Gasteiger partial charge is 0.328 e. The van der Waals surface area contributed by atoms with Crippen molar-refractivity contribution in [2.24, 2.45) is 0 Å². The Morgan fingerprint density at radius 3 is 2.63 bits per heavy atom. The first-order valence-electron chi connectivity index (χ1n) is 8.63. The number of H-pyrrole nitrogens is 1. The molecule has 0 fully saturated rings. The van der Waals surface area contributed by atoms with Gasteiger partial charge in [0.25, 0.3) is 5.56 Å². The Balaban J connectivity index is 2.76. The molecule has 27 heavy (non-hydrogen) atoms. The Morgan fingerprint density at radius 2 is 2.04 bits per heavy atom. The molecule has 0 amide bonds. The summed E-state index contributed by atoms with van der Waals surface area (Å²) in [4.78, 5) is 43.7. The van der Waals surface area contributed by atoms with Crippen LogP contribution in [0.1, 0.15) is 58.9 Å². The van der Waals surface area contributed by atoms with Crippen molar-refractivity contribution in [2.75, 3.05) is 6.54 Å². The van der Waals surface area contributed by atoms with Crippen LogP contribution < -0.4 is 11.2 Å². The van der Waals surface area contributed by atoms with Crippen LogP contribution in [0.4, 0.5) is 0 Å². The molecule has 0 unspecified atom stereocenters. The second-order valence-electron chi connectivity index (χ2n) is 6.62. The Kier molecular flexibility index (Phi) is 6.15. The van der Waals surface area contributed by atoms with Crippen molar-refractivity contribution < 1.29 is 4.79 Å². The molecule has 0 aliphatic rings. The second kappa shape index (κ2) is 8.33. The minimum atomic E-state index is -0.650. The summed E-state index contributed by atoms with van der Waals surface area (Å²) >= 11 is 0. The SMILES string of the molecule is [C-]#[N+]CCCn1c(C(=O)c2cc(C)cc(C#C)c2)c(C(C)C)c(=O)[nH]c1=O. The number of benzene rings is 1. The molecule has 0 saturated heterocycles. The molecule has 0 spiro atoms. The number of nitrogens with one attached hydrogen (secondary N) is 1. The zero-order valence-electron chi connectivity index (χ0n) is 15.6. The predicted molar refractivity (Wildman–Crippen MR) is 104 cm³/mol. The first-order valence-corrected chi connectivity index (χ1v) is 8.63. The third kappa shape index (κ3) is 4.24. The van der Waals surface area contributed by atoms with Gasteiger partial charge in [-0.3, -0.25) is 19.1 Å². The minimum absolute atomic E-state index is 0.0669. The lowest BCUT2D eigenvalue weighted by Crippen LogP contribution is -2.38. The maximum Gasteiger partial charge on any atom is 0.328 e. The number of ketones is 1. The van der Waals surface area contributed by atoms with Crippen LogP contribution in [0.15, 0.2) is 27.8 Å². The normalized spacial score (nSPS) is 10.4. The Morgan fingerprint density at radius 1 is 1.33 bits per heavy atom. The van der Waals surface area contributed by atoms with Gasteiger partial charge in [0, 0.05) is 29.7 Å². The van der Waals surface area contributed by atoms with Gasteiger partial charge in [0.2, 0.25) is 12.3 Å². The number of terminal acetylenes is 1. The molecule has 0 atom stereocenters. The quantitative estimate of drug-likeness (QED) is 0.371. The van der Waals surface area contributed by atoms with Crippen LogP contribution in [0, 0.1) is 25.8 Å². The lowest BCUT2D eigenvalue weighted by atomic mass is 9.95. The molecule has 0 bridgehead atoms. The lowest BCUT2D eigenvalue weighted by Gasteiger charge is -2.17. The molecule has 0 radical (unpaired) electrons. The number of rotatable bonds is 6. The van der Waals surface area contributed by atoms with Crippen LogP contribution in [-0.2, 0) is 6.54 Å². The van der Waals surface area contributed by atoms with Crippen LogP contribution in [0.5, 0.6) is 0 Å². The number of carbonyl (C=O) groups is 1. The van der Waals surface area contributed by atoms with E-state index in [0.717, 1.165) is 5.56 Å². The van der Waals surface area contributed by atoms with E-state index in [1.807, 2.05) is 6.92 Å². The molecular formula is C21H21N3O3. The van der Waals surface area contributed by atoms with E-state index in [9.17, 15) is 14.4 Å². The molecule has 0 aliphatic carbocycles. The van der Waals surface area contributed by atoms with Gasteiger partial charge in [-0.1, -0.05) is 19.8 Å². The maximum absolute atomic E-state index is 13.3.